The monoisotopic (exact) mass is 507 g/mol. The van der Waals surface area contributed by atoms with E-state index in [0.717, 1.165) is 26.6 Å². The second-order valence-electron chi connectivity index (χ2n) is 8.92. The first kappa shape index (κ1) is 26.9. The first-order chi connectivity index (χ1) is 17.0. The van der Waals surface area contributed by atoms with Crippen molar-refractivity contribution < 1.29 is 18.0 Å². The molecule has 0 heterocycles. The zero-order valence-electron chi connectivity index (χ0n) is 21.4. The van der Waals surface area contributed by atoms with Gasteiger partial charge in [-0.15, -0.1) is 0 Å². The summed E-state index contributed by atoms with van der Waals surface area (Å²) in [5.41, 5.74) is 3.89. The first-order valence-corrected chi connectivity index (χ1v) is 13.2. The van der Waals surface area contributed by atoms with Crippen molar-refractivity contribution in [3.63, 3.8) is 0 Å². The van der Waals surface area contributed by atoms with Crippen LogP contribution in [0.25, 0.3) is 0 Å². The first-order valence-electron chi connectivity index (χ1n) is 11.8. The van der Waals surface area contributed by atoms with Crippen molar-refractivity contribution in [3.05, 3.63) is 95.1 Å². The number of rotatable bonds is 9. The lowest BCUT2D eigenvalue weighted by atomic mass is 10.1. The third-order valence-electron chi connectivity index (χ3n) is 6.09. The molecule has 36 heavy (non-hydrogen) atoms. The fraction of sp³-hybridized carbons (Fsp3) is 0.286. The van der Waals surface area contributed by atoms with Gasteiger partial charge in [-0.2, -0.15) is 0 Å². The van der Waals surface area contributed by atoms with Crippen molar-refractivity contribution >= 4 is 27.5 Å². The summed E-state index contributed by atoms with van der Waals surface area (Å²) in [5.74, 6) is -0.812. The number of hydrogen-bond acceptors (Lipinski definition) is 4. The number of anilines is 1. The highest BCUT2D eigenvalue weighted by molar-refractivity contribution is 7.92. The summed E-state index contributed by atoms with van der Waals surface area (Å²) in [6.07, 6.45) is 0. The summed E-state index contributed by atoms with van der Waals surface area (Å²) in [7, 11) is -2.56. The van der Waals surface area contributed by atoms with Crippen molar-refractivity contribution in [2.45, 2.75) is 45.2 Å². The molecule has 190 valence electrons. The van der Waals surface area contributed by atoms with Crippen LogP contribution in [-0.4, -0.2) is 44.8 Å². The molecule has 3 aromatic rings. The van der Waals surface area contributed by atoms with Crippen LogP contribution in [0.1, 0.15) is 29.2 Å². The third-order valence-corrected chi connectivity index (χ3v) is 7.87. The van der Waals surface area contributed by atoms with Crippen LogP contribution in [0.5, 0.6) is 0 Å². The van der Waals surface area contributed by atoms with Gasteiger partial charge in [-0.1, -0.05) is 60.2 Å². The van der Waals surface area contributed by atoms with Gasteiger partial charge in [0.2, 0.25) is 11.8 Å². The predicted molar refractivity (Wildman–Crippen MR) is 142 cm³/mol. The molecule has 0 spiro atoms. The van der Waals surface area contributed by atoms with E-state index in [1.807, 2.05) is 57.2 Å². The Labute approximate surface area is 213 Å². The summed E-state index contributed by atoms with van der Waals surface area (Å²) in [6.45, 7) is 6.99. The third kappa shape index (κ3) is 6.12. The maximum atomic E-state index is 13.8. The lowest BCUT2D eigenvalue weighted by molar-refractivity contribution is -0.139. The lowest BCUT2D eigenvalue weighted by Gasteiger charge is -2.32. The van der Waals surface area contributed by atoms with E-state index in [4.69, 9.17) is 0 Å². The molecule has 1 atom stereocenters. The Kier molecular flexibility index (Phi) is 8.53. The molecule has 0 aromatic heterocycles. The van der Waals surface area contributed by atoms with Crippen LogP contribution >= 0.6 is 0 Å². The average molecular weight is 508 g/mol. The van der Waals surface area contributed by atoms with Crippen molar-refractivity contribution in [1.82, 2.24) is 10.2 Å². The number of hydrogen-bond donors (Lipinski definition) is 1. The quantitative estimate of drug-likeness (QED) is 0.475. The Morgan fingerprint density at radius 2 is 1.56 bits per heavy atom. The number of carbonyl (C=O) groups excluding carboxylic acids is 2. The van der Waals surface area contributed by atoms with Crippen LogP contribution in [0.4, 0.5) is 5.69 Å². The van der Waals surface area contributed by atoms with Gasteiger partial charge in [-0.25, -0.2) is 8.42 Å². The van der Waals surface area contributed by atoms with Crippen LogP contribution in [-0.2, 0) is 26.2 Å². The van der Waals surface area contributed by atoms with Gasteiger partial charge in [0.25, 0.3) is 10.0 Å². The molecule has 0 aliphatic rings. The van der Waals surface area contributed by atoms with Gasteiger partial charge in [0.15, 0.2) is 0 Å². The second kappa shape index (κ2) is 11.4. The maximum absolute atomic E-state index is 13.8. The number of likely N-dealkylation sites (N-methyl/N-ethyl adjacent to an activating group) is 1. The van der Waals surface area contributed by atoms with E-state index >= 15 is 0 Å². The lowest BCUT2D eigenvalue weighted by Crippen LogP contribution is -2.50. The smallest absolute Gasteiger partial charge is 0.264 e. The molecular formula is C28H33N3O4S. The number of nitrogens with zero attached hydrogens (tertiary/aromatic N) is 2. The van der Waals surface area contributed by atoms with Gasteiger partial charge in [0.05, 0.1) is 10.6 Å². The SMILES string of the molecule is CNC(=O)C(C)N(Cc1cccc(C)c1)C(=O)CN(c1cc(C)ccc1C)S(=O)(=O)c1ccccc1. The molecule has 2 amide bonds. The summed E-state index contributed by atoms with van der Waals surface area (Å²) in [5, 5.41) is 2.59. The Balaban J connectivity index is 2.07. The molecule has 0 aliphatic heterocycles. The summed E-state index contributed by atoms with van der Waals surface area (Å²) < 4.78 is 28.7. The van der Waals surface area contributed by atoms with Gasteiger partial charge in [0.1, 0.15) is 12.6 Å². The number of sulfonamides is 1. The minimum atomic E-state index is -4.07. The molecule has 3 aromatic carbocycles. The topological polar surface area (TPSA) is 86.8 Å². The van der Waals surface area contributed by atoms with Gasteiger partial charge >= 0.3 is 0 Å². The van der Waals surface area contributed by atoms with Crippen LogP contribution in [0, 0.1) is 20.8 Å². The second-order valence-corrected chi connectivity index (χ2v) is 10.8. The molecule has 0 radical (unpaired) electrons. The molecular weight excluding hydrogens is 474 g/mol. The van der Waals surface area contributed by atoms with Crippen LogP contribution in [0.15, 0.2) is 77.7 Å². The zero-order valence-corrected chi connectivity index (χ0v) is 22.2. The Bertz CT molecular complexity index is 1340. The molecule has 0 saturated heterocycles. The van der Waals surface area contributed by atoms with Crippen LogP contribution in [0.2, 0.25) is 0 Å². The Hall–Kier alpha value is -3.65. The maximum Gasteiger partial charge on any atom is 0.264 e. The highest BCUT2D eigenvalue weighted by Crippen LogP contribution is 2.28. The summed E-state index contributed by atoms with van der Waals surface area (Å²) in [6, 6.07) is 20.4. The predicted octanol–water partition coefficient (Wildman–Crippen LogP) is 3.97. The van der Waals surface area contributed by atoms with Gasteiger partial charge in [-0.05, 0) is 62.6 Å². The standard InChI is InChI=1S/C28H33N3O4S/c1-20-10-9-11-24(16-20)18-30(23(4)28(33)29-5)27(32)19-31(26-17-21(2)14-15-22(26)3)36(34,35)25-12-7-6-8-13-25/h6-17,23H,18-19H2,1-5H3,(H,29,33). The molecule has 7 nitrogen and oxygen atoms in total. The van der Waals surface area contributed by atoms with Crippen molar-refractivity contribution in [2.24, 2.45) is 0 Å². The largest absolute Gasteiger partial charge is 0.357 e. The van der Waals surface area contributed by atoms with Crippen molar-refractivity contribution in [3.8, 4) is 0 Å². The van der Waals surface area contributed by atoms with Crippen LogP contribution < -0.4 is 9.62 Å². The molecule has 1 N–H and O–H groups in total. The molecule has 0 fully saturated rings. The minimum Gasteiger partial charge on any atom is -0.357 e. The molecule has 0 saturated carbocycles. The minimum absolute atomic E-state index is 0.0864. The van der Waals surface area contributed by atoms with E-state index in [1.165, 1.54) is 24.1 Å². The van der Waals surface area contributed by atoms with Crippen LogP contribution in [0.3, 0.4) is 0 Å². The van der Waals surface area contributed by atoms with E-state index in [1.54, 1.807) is 31.2 Å². The summed E-state index contributed by atoms with van der Waals surface area (Å²) in [4.78, 5) is 27.9. The molecule has 0 bridgehead atoms. The van der Waals surface area contributed by atoms with Gasteiger partial charge in [-0.3, -0.25) is 13.9 Å². The number of nitrogens with one attached hydrogen (secondary N) is 1. The number of carbonyl (C=O) groups is 2. The van der Waals surface area contributed by atoms with Gasteiger partial charge < -0.3 is 10.2 Å². The number of aryl methyl sites for hydroxylation is 3. The normalized spacial score (nSPS) is 12.0. The Morgan fingerprint density at radius 3 is 2.19 bits per heavy atom. The molecule has 8 heteroatoms. The number of benzene rings is 3. The molecule has 0 aliphatic carbocycles. The van der Waals surface area contributed by atoms with Gasteiger partial charge in [0, 0.05) is 13.6 Å². The molecule has 3 rings (SSSR count). The van der Waals surface area contributed by atoms with E-state index in [-0.39, 0.29) is 17.3 Å². The fourth-order valence-corrected chi connectivity index (χ4v) is 5.51. The fourth-order valence-electron chi connectivity index (χ4n) is 4.02. The Morgan fingerprint density at radius 1 is 0.889 bits per heavy atom. The van der Waals surface area contributed by atoms with Crippen molar-refractivity contribution in [2.75, 3.05) is 17.9 Å². The summed E-state index contributed by atoms with van der Waals surface area (Å²) >= 11 is 0. The zero-order chi connectivity index (χ0) is 26.5. The highest BCUT2D eigenvalue weighted by atomic mass is 32.2. The highest BCUT2D eigenvalue weighted by Gasteiger charge is 2.32. The van der Waals surface area contributed by atoms with E-state index < -0.39 is 28.5 Å². The van der Waals surface area contributed by atoms with E-state index in [2.05, 4.69) is 5.32 Å². The number of amides is 2. The average Bonchev–Trinajstić information content (AvgIpc) is 2.86. The van der Waals surface area contributed by atoms with E-state index in [0.29, 0.717) is 5.69 Å². The molecule has 1 unspecified atom stereocenters. The van der Waals surface area contributed by atoms with E-state index in [9.17, 15) is 18.0 Å². The van der Waals surface area contributed by atoms with Crippen molar-refractivity contribution in [1.29, 1.82) is 0 Å².